The van der Waals surface area contributed by atoms with Gasteiger partial charge in [-0.15, -0.1) is 0 Å². The third-order valence-corrected chi connectivity index (χ3v) is 4.49. The Morgan fingerprint density at radius 1 is 1.44 bits per heavy atom. The van der Waals surface area contributed by atoms with Crippen LogP contribution >= 0.6 is 34.8 Å². The second kappa shape index (κ2) is 5.58. The van der Waals surface area contributed by atoms with E-state index in [9.17, 15) is 13.2 Å². The fourth-order valence-corrected chi connectivity index (χ4v) is 3.65. The van der Waals surface area contributed by atoms with Crippen molar-refractivity contribution in [3.8, 4) is 0 Å². The maximum absolute atomic E-state index is 11.9. The Morgan fingerprint density at radius 2 is 2.00 bits per heavy atom. The van der Waals surface area contributed by atoms with Crippen LogP contribution in [0.25, 0.3) is 0 Å². The van der Waals surface area contributed by atoms with E-state index in [4.69, 9.17) is 40.5 Å². The first kappa shape index (κ1) is 15.5. The Morgan fingerprint density at radius 3 is 2.44 bits per heavy atom. The van der Waals surface area contributed by atoms with Crippen LogP contribution in [0.1, 0.15) is 6.92 Å². The quantitative estimate of drug-likeness (QED) is 0.808. The number of hydrogen-bond acceptors (Lipinski definition) is 4. The van der Waals surface area contributed by atoms with E-state index < -0.39 is 32.0 Å². The summed E-state index contributed by atoms with van der Waals surface area (Å²) in [5.41, 5.74) is 4.95. The molecule has 0 aliphatic carbocycles. The molecule has 1 atom stereocenters. The molecule has 1 rings (SSSR count). The summed E-state index contributed by atoms with van der Waals surface area (Å²) in [5, 5.41) is -0.646. The number of carbonyl (C=O) groups excluding carboxylic acids is 1. The molecule has 1 aromatic rings. The number of nitrogens with one attached hydrogen (secondary N) is 1. The van der Waals surface area contributed by atoms with Gasteiger partial charge in [0, 0.05) is 0 Å². The third kappa shape index (κ3) is 3.46. The van der Waals surface area contributed by atoms with E-state index in [1.165, 1.54) is 6.92 Å². The van der Waals surface area contributed by atoms with Crippen molar-refractivity contribution in [3.05, 3.63) is 21.4 Å². The van der Waals surface area contributed by atoms with Crippen molar-refractivity contribution >= 4 is 50.7 Å². The number of amides is 1. The zero-order chi connectivity index (χ0) is 14.1. The van der Waals surface area contributed by atoms with Gasteiger partial charge in [-0.25, -0.2) is 13.4 Å². The largest absolute Gasteiger partial charge is 0.368 e. The van der Waals surface area contributed by atoms with Gasteiger partial charge >= 0.3 is 0 Å². The van der Waals surface area contributed by atoms with Crippen molar-refractivity contribution in [1.29, 1.82) is 0 Å². The van der Waals surface area contributed by atoms with Crippen molar-refractivity contribution in [2.45, 2.75) is 17.9 Å². The first-order valence-corrected chi connectivity index (χ1v) is 7.10. The molecule has 0 unspecified atom stereocenters. The number of nitrogens with zero attached hydrogens (tertiary/aromatic N) is 1. The van der Waals surface area contributed by atoms with Crippen LogP contribution in [-0.4, -0.2) is 25.4 Å². The zero-order valence-electron chi connectivity index (χ0n) is 8.95. The second-order valence-corrected chi connectivity index (χ2v) is 6.10. The molecular formula is C8H8Cl3N3O3S. The van der Waals surface area contributed by atoms with Gasteiger partial charge in [-0.2, -0.15) is 4.72 Å². The Bertz CT molecular complexity index is 567. The Balaban J connectivity index is 3.25. The predicted molar refractivity (Wildman–Crippen MR) is 68.2 cm³/mol. The standard InChI is InChI=1S/C8H8Cl3N3O3S/c1-3(8(12)15)14-18(16,17)6-4(9)2-5(10)13-7(6)11/h2-3,14H,1H3,(H2,12,15)/t3-/m1/s1. The molecule has 1 amide bonds. The van der Waals surface area contributed by atoms with E-state index >= 15 is 0 Å². The minimum absolute atomic E-state index is 0.0492. The summed E-state index contributed by atoms with van der Waals surface area (Å²) in [7, 11) is -4.12. The number of carbonyl (C=O) groups is 1. The Labute approximate surface area is 118 Å². The molecule has 0 fully saturated rings. The lowest BCUT2D eigenvalue weighted by Crippen LogP contribution is -2.42. The highest BCUT2D eigenvalue weighted by Gasteiger charge is 2.26. The van der Waals surface area contributed by atoms with Crippen molar-refractivity contribution in [2.75, 3.05) is 0 Å². The molecule has 0 aromatic carbocycles. The lowest BCUT2D eigenvalue weighted by Gasteiger charge is -2.12. The fraction of sp³-hybridized carbons (Fsp3) is 0.250. The number of primary amides is 1. The SMILES string of the molecule is C[C@@H](NS(=O)(=O)c1c(Cl)cc(Cl)nc1Cl)C(N)=O. The number of hydrogen-bond donors (Lipinski definition) is 2. The maximum atomic E-state index is 11.9. The number of rotatable bonds is 4. The monoisotopic (exact) mass is 331 g/mol. The van der Waals surface area contributed by atoms with E-state index in [1.807, 2.05) is 4.72 Å². The van der Waals surface area contributed by atoms with Crippen molar-refractivity contribution in [1.82, 2.24) is 9.71 Å². The number of aromatic nitrogens is 1. The molecule has 100 valence electrons. The molecule has 0 spiro atoms. The summed E-state index contributed by atoms with van der Waals surface area (Å²) >= 11 is 17.0. The summed E-state index contributed by atoms with van der Waals surface area (Å²) in [4.78, 5) is 13.9. The second-order valence-electron chi connectivity index (χ2n) is 3.29. The van der Waals surface area contributed by atoms with Gasteiger partial charge in [0.25, 0.3) is 0 Å². The highest BCUT2D eigenvalue weighted by Crippen LogP contribution is 2.30. The Kier molecular flexibility index (Phi) is 4.79. The van der Waals surface area contributed by atoms with Gasteiger partial charge in [-0.3, -0.25) is 4.79 Å². The minimum Gasteiger partial charge on any atom is -0.368 e. The van der Waals surface area contributed by atoms with E-state index in [0.29, 0.717) is 0 Å². The molecule has 0 saturated carbocycles. The average Bonchev–Trinajstić information content (AvgIpc) is 2.13. The summed E-state index contributed by atoms with van der Waals surface area (Å²) in [6.45, 7) is 1.28. The highest BCUT2D eigenvalue weighted by atomic mass is 35.5. The van der Waals surface area contributed by atoms with Gasteiger partial charge < -0.3 is 5.73 Å². The molecule has 1 heterocycles. The molecule has 0 radical (unpaired) electrons. The van der Waals surface area contributed by atoms with Gasteiger partial charge in [0.1, 0.15) is 10.0 Å². The molecule has 0 aliphatic rings. The summed E-state index contributed by atoms with van der Waals surface area (Å²) in [6.07, 6.45) is 0. The lowest BCUT2D eigenvalue weighted by molar-refractivity contribution is -0.119. The number of nitrogens with two attached hydrogens (primary N) is 1. The van der Waals surface area contributed by atoms with Crippen molar-refractivity contribution in [3.63, 3.8) is 0 Å². The van der Waals surface area contributed by atoms with Crippen LogP contribution in [0.3, 0.4) is 0 Å². The molecule has 6 nitrogen and oxygen atoms in total. The first-order chi connectivity index (χ1) is 8.15. The van der Waals surface area contributed by atoms with Gasteiger partial charge in [-0.1, -0.05) is 34.8 Å². The van der Waals surface area contributed by atoms with Crippen molar-refractivity contribution < 1.29 is 13.2 Å². The molecule has 0 saturated heterocycles. The molecule has 3 N–H and O–H groups in total. The molecule has 0 bridgehead atoms. The first-order valence-electron chi connectivity index (χ1n) is 4.48. The summed E-state index contributed by atoms with van der Waals surface area (Å²) < 4.78 is 25.9. The third-order valence-electron chi connectivity index (χ3n) is 1.88. The van der Waals surface area contributed by atoms with E-state index in [0.717, 1.165) is 6.07 Å². The predicted octanol–water partition coefficient (Wildman–Crippen LogP) is 1.19. The molecule has 10 heteroatoms. The Hall–Kier alpha value is -0.600. The van der Waals surface area contributed by atoms with Crippen LogP contribution in [0.15, 0.2) is 11.0 Å². The van der Waals surface area contributed by atoms with Gasteiger partial charge in [-0.05, 0) is 13.0 Å². The summed E-state index contributed by atoms with van der Waals surface area (Å²) in [5.74, 6) is -0.840. The smallest absolute Gasteiger partial charge is 0.245 e. The van der Waals surface area contributed by atoms with Gasteiger partial charge in [0.05, 0.1) is 11.1 Å². The van der Waals surface area contributed by atoms with E-state index in [1.54, 1.807) is 0 Å². The van der Waals surface area contributed by atoms with Crippen LogP contribution < -0.4 is 10.5 Å². The van der Waals surface area contributed by atoms with Gasteiger partial charge in [0.15, 0.2) is 5.15 Å². The van der Waals surface area contributed by atoms with Crippen LogP contribution in [-0.2, 0) is 14.8 Å². The van der Waals surface area contributed by atoms with E-state index in [2.05, 4.69) is 4.98 Å². The van der Waals surface area contributed by atoms with Crippen molar-refractivity contribution in [2.24, 2.45) is 5.73 Å². The van der Waals surface area contributed by atoms with Crippen LogP contribution in [0.2, 0.25) is 15.3 Å². The number of sulfonamides is 1. The maximum Gasteiger partial charge on any atom is 0.245 e. The minimum atomic E-state index is -4.12. The van der Waals surface area contributed by atoms with Crippen LogP contribution in [0, 0.1) is 0 Å². The molecule has 0 aliphatic heterocycles. The van der Waals surface area contributed by atoms with Gasteiger partial charge in [0.2, 0.25) is 15.9 Å². The topological polar surface area (TPSA) is 102 Å². The molecule has 1 aromatic heterocycles. The molecule has 18 heavy (non-hydrogen) atoms. The lowest BCUT2D eigenvalue weighted by atomic mass is 10.4. The fourth-order valence-electron chi connectivity index (χ4n) is 1.03. The normalized spacial score (nSPS) is 13.3. The number of pyridine rings is 1. The van der Waals surface area contributed by atoms with Crippen LogP contribution in [0.4, 0.5) is 0 Å². The highest BCUT2D eigenvalue weighted by molar-refractivity contribution is 7.89. The van der Waals surface area contributed by atoms with E-state index in [-0.39, 0.29) is 10.2 Å². The summed E-state index contributed by atoms with van der Waals surface area (Å²) in [6, 6.07) is 0.0104. The molecular weight excluding hydrogens is 325 g/mol. The average molecular weight is 333 g/mol. The number of halogens is 3. The van der Waals surface area contributed by atoms with Crippen LogP contribution in [0.5, 0.6) is 0 Å². The zero-order valence-corrected chi connectivity index (χ0v) is 12.0.